The number of hydrogen-bond acceptors (Lipinski definition) is 4. The van der Waals surface area contributed by atoms with Crippen LogP contribution in [-0.2, 0) is 0 Å². The van der Waals surface area contributed by atoms with E-state index >= 15 is 0 Å². The highest BCUT2D eigenvalue weighted by molar-refractivity contribution is 5.74. The minimum Gasteiger partial charge on any atom is -0.396 e. The Morgan fingerprint density at radius 1 is 1.42 bits per heavy atom. The average Bonchev–Trinajstić information content (AvgIpc) is 2.08. The molecule has 0 fully saturated rings. The molecule has 5 N–H and O–H groups in total. The van der Waals surface area contributed by atoms with Crippen molar-refractivity contribution in [3.63, 3.8) is 0 Å². The summed E-state index contributed by atoms with van der Waals surface area (Å²) in [6, 6.07) is 0. The van der Waals surface area contributed by atoms with E-state index in [2.05, 4.69) is 4.98 Å². The average molecular weight is 165 g/mol. The second kappa shape index (κ2) is 3.73. The molecule has 1 aromatic rings. The highest BCUT2D eigenvalue weighted by Gasteiger charge is 1.97. The summed E-state index contributed by atoms with van der Waals surface area (Å²) in [5.74, 6) is 0. The number of nitrogen functional groups attached to an aromatic ring is 2. The van der Waals surface area contributed by atoms with Gasteiger partial charge >= 0.3 is 0 Å². The van der Waals surface area contributed by atoms with Crippen LogP contribution in [0, 0.1) is 0 Å². The van der Waals surface area contributed by atoms with Crippen LogP contribution in [0.2, 0.25) is 0 Å². The van der Waals surface area contributed by atoms with Gasteiger partial charge in [0, 0.05) is 11.8 Å². The highest BCUT2D eigenvalue weighted by Crippen LogP contribution is 2.18. The minimum absolute atomic E-state index is 0.0196. The molecule has 1 rings (SSSR count). The van der Waals surface area contributed by atoms with Crippen molar-refractivity contribution in [2.24, 2.45) is 0 Å². The SMILES string of the molecule is Nc1cncc(C=CCO)c1N. The maximum absolute atomic E-state index is 8.51. The molecule has 4 heteroatoms. The molecule has 0 amide bonds. The molecule has 0 saturated heterocycles. The van der Waals surface area contributed by atoms with Gasteiger partial charge in [0.2, 0.25) is 0 Å². The number of aliphatic hydroxyl groups excluding tert-OH is 1. The smallest absolute Gasteiger partial charge is 0.0740 e. The summed E-state index contributed by atoms with van der Waals surface area (Å²) in [5.41, 5.74) is 12.8. The second-order valence-electron chi connectivity index (χ2n) is 2.32. The fourth-order valence-corrected chi connectivity index (χ4v) is 0.816. The number of nitrogens with two attached hydrogens (primary N) is 2. The molecule has 0 spiro atoms. The zero-order valence-electron chi connectivity index (χ0n) is 6.57. The van der Waals surface area contributed by atoms with Crippen LogP contribution in [0.4, 0.5) is 11.4 Å². The van der Waals surface area contributed by atoms with Crippen LogP contribution in [0.3, 0.4) is 0 Å². The van der Waals surface area contributed by atoms with Crippen molar-refractivity contribution in [3.05, 3.63) is 24.0 Å². The number of hydrogen-bond donors (Lipinski definition) is 3. The van der Waals surface area contributed by atoms with Crippen molar-refractivity contribution in [2.45, 2.75) is 0 Å². The molecule has 0 unspecified atom stereocenters. The van der Waals surface area contributed by atoms with E-state index in [9.17, 15) is 0 Å². The Morgan fingerprint density at radius 2 is 2.17 bits per heavy atom. The maximum atomic E-state index is 8.51. The Kier molecular flexibility index (Phi) is 2.66. The Hall–Kier alpha value is -1.55. The lowest BCUT2D eigenvalue weighted by Crippen LogP contribution is -1.97. The fourth-order valence-electron chi connectivity index (χ4n) is 0.816. The number of aliphatic hydroxyl groups is 1. The summed E-state index contributed by atoms with van der Waals surface area (Å²) >= 11 is 0. The van der Waals surface area contributed by atoms with Crippen LogP contribution in [0.1, 0.15) is 5.56 Å². The number of pyridine rings is 1. The highest BCUT2D eigenvalue weighted by atomic mass is 16.2. The first-order valence-electron chi connectivity index (χ1n) is 3.52. The number of anilines is 2. The second-order valence-corrected chi connectivity index (χ2v) is 2.32. The summed E-state index contributed by atoms with van der Waals surface area (Å²) < 4.78 is 0. The standard InChI is InChI=1S/C8H11N3O/c9-7-5-11-4-6(8(7)10)2-1-3-12/h1-2,4-5,12H,3,9H2,(H2,10,11). The summed E-state index contributed by atoms with van der Waals surface area (Å²) in [5, 5.41) is 8.51. The van der Waals surface area contributed by atoms with Gasteiger partial charge in [-0.05, 0) is 0 Å². The van der Waals surface area contributed by atoms with E-state index < -0.39 is 0 Å². The zero-order chi connectivity index (χ0) is 8.97. The first kappa shape index (κ1) is 8.55. The van der Waals surface area contributed by atoms with Gasteiger partial charge in [-0.2, -0.15) is 0 Å². The normalized spacial score (nSPS) is 10.8. The number of nitrogens with zero attached hydrogens (tertiary/aromatic N) is 1. The van der Waals surface area contributed by atoms with Crippen molar-refractivity contribution in [3.8, 4) is 0 Å². The molecule has 64 valence electrons. The number of aromatic nitrogens is 1. The zero-order valence-corrected chi connectivity index (χ0v) is 6.57. The van der Waals surface area contributed by atoms with Gasteiger partial charge < -0.3 is 16.6 Å². The van der Waals surface area contributed by atoms with Gasteiger partial charge in [-0.25, -0.2) is 0 Å². The van der Waals surface area contributed by atoms with E-state index in [1.165, 1.54) is 6.20 Å². The molecule has 0 aliphatic heterocycles. The predicted molar refractivity (Wildman–Crippen MR) is 49.2 cm³/mol. The van der Waals surface area contributed by atoms with E-state index in [4.69, 9.17) is 16.6 Å². The van der Waals surface area contributed by atoms with Gasteiger partial charge in [0.1, 0.15) is 0 Å². The molecule has 0 atom stereocenters. The third-order valence-corrected chi connectivity index (χ3v) is 1.45. The summed E-state index contributed by atoms with van der Waals surface area (Å²) in [4.78, 5) is 3.86. The lowest BCUT2D eigenvalue weighted by atomic mass is 10.2. The van der Waals surface area contributed by atoms with E-state index in [0.29, 0.717) is 11.4 Å². The maximum Gasteiger partial charge on any atom is 0.0740 e. The van der Waals surface area contributed by atoms with E-state index in [0.717, 1.165) is 5.56 Å². The molecular weight excluding hydrogens is 154 g/mol. The lowest BCUT2D eigenvalue weighted by molar-refractivity contribution is 0.343. The molecule has 1 aromatic heterocycles. The number of rotatable bonds is 2. The van der Waals surface area contributed by atoms with Gasteiger partial charge in [-0.15, -0.1) is 0 Å². The van der Waals surface area contributed by atoms with Crippen molar-refractivity contribution >= 4 is 17.5 Å². The minimum atomic E-state index is -0.0196. The Labute approximate surface area is 70.5 Å². The van der Waals surface area contributed by atoms with Crippen LogP contribution in [0.15, 0.2) is 18.5 Å². The van der Waals surface area contributed by atoms with Gasteiger partial charge in [-0.3, -0.25) is 4.98 Å². The van der Waals surface area contributed by atoms with Crippen LogP contribution >= 0.6 is 0 Å². The first-order chi connectivity index (χ1) is 5.75. The molecule has 4 nitrogen and oxygen atoms in total. The van der Waals surface area contributed by atoms with Gasteiger partial charge in [0.15, 0.2) is 0 Å². The quantitative estimate of drug-likeness (QED) is 0.586. The Balaban J connectivity index is 3.00. The largest absolute Gasteiger partial charge is 0.396 e. The molecule has 0 aromatic carbocycles. The van der Waals surface area contributed by atoms with Crippen molar-refractivity contribution in [1.29, 1.82) is 0 Å². The van der Waals surface area contributed by atoms with E-state index in [1.54, 1.807) is 18.3 Å². The first-order valence-corrected chi connectivity index (χ1v) is 3.52. The van der Waals surface area contributed by atoms with Gasteiger partial charge in [0.25, 0.3) is 0 Å². The Bertz CT molecular complexity index is 296. The summed E-state index contributed by atoms with van der Waals surface area (Å²) in [7, 11) is 0. The molecule has 0 bridgehead atoms. The molecule has 0 radical (unpaired) electrons. The van der Waals surface area contributed by atoms with Crippen LogP contribution in [0.25, 0.3) is 6.08 Å². The summed E-state index contributed by atoms with van der Waals surface area (Å²) in [6.07, 6.45) is 6.34. The molecule has 0 aliphatic rings. The van der Waals surface area contributed by atoms with Crippen molar-refractivity contribution in [1.82, 2.24) is 4.98 Å². The van der Waals surface area contributed by atoms with E-state index in [1.807, 2.05) is 0 Å². The molecule has 0 aliphatic carbocycles. The topological polar surface area (TPSA) is 85.2 Å². The van der Waals surface area contributed by atoms with Crippen LogP contribution in [0.5, 0.6) is 0 Å². The molecule has 12 heavy (non-hydrogen) atoms. The third kappa shape index (κ3) is 1.73. The van der Waals surface area contributed by atoms with Crippen molar-refractivity contribution < 1.29 is 5.11 Å². The predicted octanol–water partition coefficient (Wildman–Crippen LogP) is 0.252. The van der Waals surface area contributed by atoms with Crippen LogP contribution in [-0.4, -0.2) is 16.7 Å². The Morgan fingerprint density at radius 3 is 2.83 bits per heavy atom. The molecule has 0 saturated carbocycles. The van der Waals surface area contributed by atoms with Gasteiger partial charge in [0.05, 0.1) is 24.2 Å². The molecule has 1 heterocycles. The van der Waals surface area contributed by atoms with Crippen molar-refractivity contribution in [2.75, 3.05) is 18.1 Å². The molecular formula is C8H11N3O. The lowest BCUT2D eigenvalue weighted by Gasteiger charge is -2.01. The van der Waals surface area contributed by atoms with Crippen LogP contribution < -0.4 is 11.5 Å². The fraction of sp³-hybridized carbons (Fsp3) is 0.125. The van der Waals surface area contributed by atoms with Gasteiger partial charge in [-0.1, -0.05) is 12.2 Å². The monoisotopic (exact) mass is 165 g/mol. The van der Waals surface area contributed by atoms with E-state index in [-0.39, 0.29) is 6.61 Å². The third-order valence-electron chi connectivity index (χ3n) is 1.45. The summed E-state index contributed by atoms with van der Waals surface area (Å²) in [6.45, 7) is -0.0196.